The van der Waals surface area contributed by atoms with Crippen LogP contribution in [0.1, 0.15) is 19.3 Å². The van der Waals surface area contributed by atoms with Gasteiger partial charge in [0.05, 0.1) is 0 Å². The summed E-state index contributed by atoms with van der Waals surface area (Å²) in [5, 5.41) is 1.93. The van der Waals surface area contributed by atoms with Crippen LogP contribution in [0.4, 0.5) is 0 Å². The van der Waals surface area contributed by atoms with Crippen molar-refractivity contribution in [1.29, 1.82) is 0 Å². The molecular formula is C11H18ClN3OS. The standard InChI is InChI=1S/C11H17N3OS.ClH/c1-14-5-6-16-11(14)13-10(15)9-4-2-3-8(9)7-12;/h5-6,8-9H,2-4,7,12H2,1H3;1H/t8-,9-;/m1./s1. The van der Waals surface area contributed by atoms with Crippen molar-refractivity contribution in [2.75, 3.05) is 6.54 Å². The fraction of sp³-hybridized carbons (Fsp3) is 0.636. The second-order valence-corrected chi connectivity index (χ2v) is 5.15. The first kappa shape index (κ1) is 14.4. The highest BCUT2D eigenvalue weighted by Gasteiger charge is 2.31. The Balaban J connectivity index is 0.00000144. The maximum atomic E-state index is 12.0. The molecule has 0 bridgehead atoms. The molecule has 1 fully saturated rings. The van der Waals surface area contributed by atoms with E-state index in [0.29, 0.717) is 12.5 Å². The Bertz CT molecular complexity index is 440. The van der Waals surface area contributed by atoms with Gasteiger partial charge in [-0.3, -0.25) is 4.79 Å². The van der Waals surface area contributed by atoms with Crippen LogP contribution in [-0.2, 0) is 11.8 Å². The lowest BCUT2D eigenvalue weighted by Gasteiger charge is -2.13. The van der Waals surface area contributed by atoms with E-state index >= 15 is 0 Å². The highest BCUT2D eigenvalue weighted by molar-refractivity contribution is 7.07. The molecule has 1 heterocycles. The van der Waals surface area contributed by atoms with Gasteiger partial charge in [0.15, 0.2) is 4.80 Å². The first-order valence-corrected chi connectivity index (χ1v) is 6.49. The second kappa shape index (κ2) is 6.33. The van der Waals surface area contributed by atoms with E-state index in [1.807, 2.05) is 23.2 Å². The quantitative estimate of drug-likeness (QED) is 0.885. The molecule has 6 heteroatoms. The second-order valence-electron chi connectivity index (χ2n) is 4.28. The first-order chi connectivity index (χ1) is 7.72. The molecule has 1 aliphatic carbocycles. The molecule has 2 rings (SSSR count). The number of aromatic nitrogens is 1. The Kier molecular flexibility index (Phi) is 5.36. The van der Waals surface area contributed by atoms with E-state index in [1.54, 1.807) is 0 Å². The zero-order valence-electron chi connectivity index (χ0n) is 9.83. The molecule has 96 valence electrons. The maximum absolute atomic E-state index is 12.0. The van der Waals surface area contributed by atoms with Crippen molar-refractivity contribution in [3.05, 3.63) is 16.4 Å². The molecule has 1 amide bonds. The predicted molar refractivity (Wildman–Crippen MR) is 71.0 cm³/mol. The highest BCUT2D eigenvalue weighted by Crippen LogP contribution is 2.31. The molecule has 1 aromatic rings. The van der Waals surface area contributed by atoms with Gasteiger partial charge in [0.25, 0.3) is 5.91 Å². The number of carbonyl (C=O) groups is 1. The Morgan fingerprint density at radius 1 is 1.65 bits per heavy atom. The highest BCUT2D eigenvalue weighted by atomic mass is 35.5. The monoisotopic (exact) mass is 275 g/mol. The van der Waals surface area contributed by atoms with Crippen LogP contribution in [0.3, 0.4) is 0 Å². The summed E-state index contributed by atoms with van der Waals surface area (Å²) in [6, 6.07) is 0. The van der Waals surface area contributed by atoms with Crippen LogP contribution >= 0.6 is 23.7 Å². The van der Waals surface area contributed by atoms with E-state index in [2.05, 4.69) is 4.99 Å². The van der Waals surface area contributed by atoms with Crippen molar-refractivity contribution >= 4 is 29.7 Å². The fourth-order valence-corrected chi connectivity index (χ4v) is 2.99. The van der Waals surface area contributed by atoms with Gasteiger partial charge < -0.3 is 10.3 Å². The van der Waals surface area contributed by atoms with Gasteiger partial charge in [-0.25, -0.2) is 0 Å². The van der Waals surface area contributed by atoms with Gasteiger partial charge in [-0.05, 0) is 25.3 Å². The molecule has 0 saturated heterocycles. The molecule has 0 aromatic carbocycles. The summed E-state index contributed by atoms with van der Waals surface area (Å²) < 4.78 is 1.87. The minimum atomic E-state index is 0. The number of aryl methyl sites for hydroxylation is 1. The molecule has 0 unspecified atom stereocenters. The summed E-state index contributed by atoms with van der Waals surface area (Å²) in [5.41, 5.74) is 5.67. The molecule has 4 nitrogen and oxygen atoms in total. The van der Waals surface area contributed by atoms with Crippen molar-refractivity contribution in [2.24, 2.45) is 29.6 Å². The molecule has 1 saturated carbocycles. The summed E-state index contributed by atoms with van der Waals surface area (Å²) in [4.78, 5) is 17.0. The van der Waals surface area contributed by atoms with Crippen molar-refractivity contribution < 1.29 is 4.79 Å². The molecule has 1 aliphatic rings. The van der Waals surface area contributed by atoms with Crippen molar-refractivity contribution in [3.63, 3.8) is 0 Å². The fourth-order valence-electron chi connectivity index (χ4n) is 2.26. The minimum absolute atomic E-state index is 0. The van der Waals surface area contributed by atoms with Crippen LogP contribution in [0.5, 0.6) is 0 Å². The van der Waals surface area contributed by atoms with Gasteiger partial charge in [-0.2, -0.15) is 4.99 Å². The normalized spacial score (nSPS) is 24.7. The largest absolute Gasteiger partial charge is 0.330 e. The number of amides is 1. The molecule has 17 heavy (non-hydrogen) atoms. The average Bonchev–Trinajstić information content (AvgIpc) is 2.87. The summed E-state index contributed by atoms with van der Waals surface area (Å²) in [6.07, 6.45) is 5.02. The number of thiazole rings is 1. The van der Waals surface area contributed by atoms with E-state index in [4.69, 9.17) is 5.73 Å². The maximum Gasteiger partial charge on any atom is 0.251 e. The van der Waals surface area contributed by atoms with Gasteiger partial charge in [-0.1, -0.05) is 6.42 Å². The van der Waals surface area contributed by atoms with Crippen molar-refractivity contribution in [3.8, 4) is 0 Å². The first-order valence-electron chi connectivity index (χ1n) is 5.61. The van der Waals surface area contributed by atoms with Crippen LogP contribution < -0.4 is 10.5 Å². The molecule has 1 aromatic heterocycles. The van der Waals surface area contributed by atoms with Gasteiger partial charge in [0, 0.05) is 24.5 Å². The SMILES string of the molecule is Cl.Cn1ccsc1=NC(=O)[C@@H]1CCC[C@@H]1CN. The smallest absolute Gasteiger partial charge is 0.251 e. The van der Waals surface area contributed by atoms with Crippen LogP contribution in [-0.4, -0.2) is 17.0 Å². The van der Waals surface area contributed by atoms with Gasteiger partial charge >= 0.3 is 0 Å². The molecule has 0 aliphatic heterocycles. The van der Waals surface area contributed by atoms with Crippen molar-refractivity contribution in [2.45, 2.75) is 19.3 Å². The van der Waals surface area contributed by atoms with Crippen molar-refractivity contribution in [1.82, 2.24) is 4.57 Å². The number of nitrogens with two attached hydrogens (primary N) is 1. The zero-order chi connectivity index (χ0) is 11.5. The van der Waals surface area contributed by atoms with E-state index < -0.39 is 0 Å². The summed E-state index contributed by atoms with van der Waals surface area (Å²) >= 11 is 1.49. The van der Waals surface area contributed by atoms with Gasteiger partial charge in [0.2, 0.25) is 0 Å². The summed E-state index contributed by atoms with van der Waals surface area (Å²) in [5.74, 6) is 0.389. The number of carbonyl (C=O) groups excluding carboxylic acids is 1. The lowest BCUT2D eigenvalue weighted by atomic mass is 9.96. The Hall–Kier alpha value is -0.650. The van der Waals surface area contributed by atoms with Crippen LogP contribution in [0.2, 0.25) is 0 Å². The minimum Gasteiger partial charge on any atom is -0.330 e. The zero-order valence-corrected chi connectivity index (χ0v) is 11.5. The molecule has 0 radical (unpaired) electrons. The Morgan fingerprint density at radius 2 is 2.41 bits per heavy atom. The van der Waals surface area contributed by atoms with E-state index in [-0.39, 0.29) is 24.2 Å². The van der Waals surface area contributed by atoms with E-state index in [1.165, 1.54) is 11.3 Å². The average molecular weight is 276 g/mol. The van der Waals surface area contributed by atoms with E-state index in [9.17, 15) is 4.79 Å². The Labute approximate surface area is 111 Å². The Morgan fingerprint density at radius 3 is 3.00 bits per heavy atom. The predicted octanol–water partition coefficient (Wildman–Crippen LogP) is 1.31. The third-order valence-electron chi connectivity index (χ3n) is 3.24. The molecule has 2 atom stereocenters. The van der Waals surface area contributed by atoms with Crippen LogP contribution in [0.25, 0.3) is 0 Å². The third-order valence-corrected chi connectivity index (χ3v) is 4.09. The van der Waals surface area contributed by atoms with Gasteiger partial charge in [0.1, 0.15) is 0 Å². The van der Waals surface area contributed by atoms with Crippen LogP contribution in [0, 0.1) is 11.8 Å². The number of halogens is 1. The topological polar surface area (TPSA) is 60.4 Å². The third kappa shape index (κ3) is 3.18. The number of hydrogen-bond donors (Lipinski definition) is 1. The summed E-state index contributed by atoms with van der Waals surface area (Å²) in [7, 11) is 1.90. The van der Waals surface area contributed by atoms with Crippen LogP contribution in [0.15, 0.2) is 16.6 Å². The summed E-state index contributed by atoms with van der Waals surface area (Å²) in [6.45, 7) is 0.600. The molecule has 2 N–H and O–H groups in total. The number of nitrogens with zero attached hydrogens (tertiary/aromatic N) is 2. The lowest BCUT2D eigenvalue weighted by Crippen LogP contribution is -2.26. The molecule has 0 spiro atoms. The molecular weight excluding hydrogens is 258 g/mol. The van der Waals surface area contributed by atoms with E-state index in [0.717, 1.165) is 24.1 Å². The lowest BCUT2D eigenvalue weighted by molar-refractivity contribution is -0.122. The van der Waals surface area contributed by atoms with Gasteiger partial charge in [-0.15, -0.1) is 23.7 Å². The number of hydrogen-bond acceptors (Lipinski definition) is 3. The number of rotatable bonds is 2.